The van der Waals surface area contributed by atoms with Gasteiger partial charge in [0.05, 0.1) is 11.1 Å². The Balaban J connectivity index is 2.24. The Hall–Kier alpha value is -2.75. The third kappa shape index (κ3) is 2.12. The van der Waals surface area contributed by atoms with Gasteiger partial charge in [0.1, 0.15) is 5.82 Å². The lowest BCUT2D eigenvalue weighted by Gasteiger charge is -2.06. The highest BCUT2D eigenvalue weighted by molar-refractivity contribution is 6.03. The van der Waals surface area contributed by atoms with Crippen molar-refractivity contribution in [3.05, 3.63) is 66.1 Å². The van der Waals surface area contributed by atoms with Crippen LogP contribution < -0.4 is 0 Å². The van der Waals surface area contributed by atoms with Crippen LogP contribution in [0.15, 0.2) is 54.7 Å². The SMILES string of the molecule is O=C(O)c1cccc2ncc(-c3cccc(F)c3)cc12. The number of aromatic nitrogens is 1. The molecule has 0 bridgehead atoms. The van der Waals surface area contributed by atoms with E-state index in [-0.39, 0.29) is 11.4 Å². The van der Waals surface area contributed by atoms with Crippen molar-refractivity contribution in [2.75, 3.05) is 0 Å². The van der Waals surface area contributed by atoms with Crippen molar-refractivity contribution in [1.29, 1.82) is 0 Å². The first-order chi connectivity index (χ1) is 9.65. The van der Waals surface area contributed by atoms with E-state index in [9.17, 15) is 14.3 Å². The zero-order chi connectivity index (χ0) is 14.1. The van der Waals surface area contributed by atoms with Crippen LogP contribution in [0.1, 0.15) is 10.4 Å². The van der Waals surface area contributed by atoms with Crippen LogP contribution in [0.5, 0.6) is 0 Å². The van der Waals surface area contributed by atoms with E-state index >= 15 is 0 Å². The third-order valence-electron chi connectivity index (χ3n) is 3.11. The van der Waals surface area contributed by atoms with Gasteiger partial charge in [-0.3, -0.25) is 4.98 Å². The van der Waals surface area contributed by atoms with Gasteiger partial charge in [-0.1, -0.05) is 18.2 Å². The molecule has 0 atom stereocenters. The van der Waals surface area contributed by atoms with Crippen LogP contribution in [0.4, 0.5) is 4.39 Å². The van der Waals surface area contributed by atoms with E-state index in [1.165, 1.54) is 18.2 Å². The second kappa shape index (κ2) is 4.74. The molecule has 3 aromatic rings. The van der Waals surface area contributed by atoms with E-state index in [1.54, 1.807) is 36.5 Å². The van der Waals surface area contributed by atoms with Crippen molar-refractivity contribution in [2.24, 2.45) is 0 Å². The van der Waals surface area contributed by atoms with Crippen molar-refractivity contribution in [2.45, 2.75) is 0 Å². The average Bonchev–Trinajstić information content (AvgIpc) is 2.46. The number of carbonyl (C=O) groups is 1. The van der Waals surface area contributed by atoms with Crippen LogP contribution in [-0.4, -0.2) is 16.1 Å². The molecule has 1 heterocycles. The van der Waals surface area contributed by atoms with Gasteiger partial charge in [-0.25, -0.2) is 9.18 Å². The lowest BCUT2D eigenvalue weighted by Crippen LogP contribution is -1.98. The second-order valence-electron chi connectivity index (χ2n) is 4.41. The molecule has 2 aromatic carbocycles. The summed E-state index contributed by atoms with van der Waals surface area (Å²) in [7, 11) is 0. The highest BCUT2D eigenvalue weighted by Gasteiger charge is 2.10. The van der Waals surface area contributed by atoms with E-state index in [0.29, 0.717) is 22.0 Å². The molecular formula is C16H10FNO2. The maximum atomic E-state index is 13.3. The second-order valence-corrected chi connectivity index (χ2v) is 4.41. The standard InChI is InChI=1S/C16H10FNO2/c17-12-4-1-3-10(7-12)11-8-14-13(16(19)20)5-2-6-15(14)18-9-11/h1-9H,(H,19,20). The zero-order valence-electron chi connectivity index (χ0n) is 10.4. The van der Waals surface area contributed by atoms with Gasteiger partial charge in [0.25, 0.3) is 0 Å². The van der Waals surface area contributed by atoms with Crippen LogP contribution in [0, 0.1) is 5.82 Å². The average molecular weight is 267 g/mol. The Bertz CT molecular complexity index is 814. The molecule has 98 valence electrons. The fourth-order valence-corrected chi connectivity index (χ4v) is 2.16. The van der Waals surface area contributed by atoms with Gasteiger partial charge in [-0.05, 0) is 35.9 Å². The molecular weight excluding hydrogens is 257 g/mol. The van der Waals surface area contributed by atoms with Gasteiger partial charge in [-0.15, -0.1) is 0 Å². The molecule has 20 heavy (non-hydrogen) atoms. The molecule has 0 radical (unpaired) electrons. The Morgan fingerprint density at radius 3 is 2.60 bits per heavy atom. The summed E-state index contributed by atoms with van der Waals surface area (Å²) in [6.07, 6.45) is 1.61. The Kier molecular flexibility index (Phi) is 2.91. The lowest BCUT2D eigenvalue weighted by atomic mass is 10.0. The predicted octanol–water partition coefficient (Wildman–Crippen LogP) is 3.74. The van der Waals surface area contributed by atoms with E-state index in [2.05, 4.69) is 4.98 Å². The first-order valence-corrected chi connectivity index (χ1v) is 6.03. The summed E-state index contributed by atoms with van der Waals surface area (Å²) in [5.74, 6) is -1.34. The molecule has 1 N–H and O–H groups in total. The van der Waals surface area contributed by atoms with E-state index < -0.39 is 5.97 Å². The lowest BCUT2D eigenvalue weighted by molar-refractivity contribution is 0.0699. The number of rotatable bonds is 2. The summed E-state index contributed by atoms with van der Waals surface area (Å²) < 4.78 is 13.3. The molecule has 0 saturated carbocycles. The van der Waals surface area contributed by atoms with E-state index in [0.717, 1.165) is 0 Å². The number of hydrogen-bond acceptors (Lipinski definition) is 2. The number of carboxylic acid groups (broad SMARTS) is 1. The number of carboxylic acids is 1. The van der Waals surface area contributed by atoms with Crippen molar-refractivity contribution in [3.8, 4) is 11.1 Å². The molecule has 0 amide bonds. The van der Waals surface area contributed by atoms with Gasteiger partial charge in [-0.2, -0.15) is 0 Å². The third-order valence-corrected chi connectivity index (χ3v) is 3.11. The molecule has 0 unspecified atom stereocenters. The Morgan fingerprint density at radius 2 is 1.85 bits per heavy atom. The fourth-order valence-electron chi connectivity index (χ4n) is 2.16. The van der Waals surface area contributed by atoms with Gasteiger partial charge >= 0.3 is 5.97 Å². The summed E-state index contributed by atoms with van der Waals surface area (Å²) in [5.41, 5.74) is 2.14. The van der Waals surface area contributed by atoms with Crippen LogP contribution in [-0.2, 0) is 0 Å². The maximum absolute atomic E-state index is 13.3. The largest absolute Gasteiger partial charge is 0.478 e. The van der Waals surface area contributed by atoms with Crippen LogP contribution in [0.3, 0.4) is 0 Å². The molecule has 0 saturated heterocycles. The number of pyridine rings is 1. The molecule has 4 heteroatoms. The molecule has 3 rings (SSSR count). The fraction of sp³-hybridized carbons (Fsp3) is 0. The minimum atomic E-state index is -1.01. The molecule has 0 fully saturated rings. The Labute approximate surface area is 114 Å². The molecule has 0 aliphatic heterocycles. The molecule has 3 nitrogen and oxygen atoms in total. The normalized spacial score (nSPS) is 10.7. The van der Waals surface area contributed by atoms with Crippen molar-refractivity contribution in [3.63, 3.8) is 0 Å². The van der Waals surface area contributed by atoms with Gasteiger partial charge < -0.3 is 5.11 Å². The molecule has 0 aliphatic carbocycles. The predicted molar refractivity (Wildman–Crippen MR) is 74.1 cm³/mol. The Morgan fingerprint density at radius 1 is 1.05 bits per heavy atom. The first-order valence-electron chi connectivity index (χ1n) is 6.03. The van der Waals surface area contributed by atoms with Crippen molar-refractivity contribution in [1.82, 2.24) is 4.98 Å². The summed E-state index contributed by atoms with van der Waals surface area (Å²) in [4.78, 5) is 15.5. The van der Waals surface area contributed by atoms with E-state index in [1.807, 2.05) is 0 Å². The summed E-state index contributed by atoms with van der Waals surface area (Å²) in [6, 6.07) is 12.8. The smallest absolute Gasteiger partial charge is 0.336 e. The minimum Gasteiger partial charge on any atom is -0.478 e. The number of halogens is 1. The van der Waals surface area contributed by atoms with Crippen LogP contribution in [0.25, 0.3) is 22.0 Å². The van der Waals surface area contributed by atoms with Gasteiger partial charge in [0.2, 0.25) is 0 Å². The minimum absolute atomic E-state index is 0.188. The molecule has 1 aromatic heterocycles. The number of hydrogen-bond donors (Lipinski definition) is 1. The number of nitrogens with zero attached hydrogens (tertiary/aromatic N) is 1. The topological polar surface area (TPSA) is 50.2 Å². The van der Waals surface area contributed by atoms with Crippen molar-refractivity contribution >= 4 is 16.9 Å². The van der Waals surface area contributed by atoms with Gasteiger partial charge in [0, 0.05) is 17.1 Å². The number of fused-ring (bicyclic) bond motifs is 1. The quantitative estimate of drug-likeness (QED) is 0.769. The zero-order valence-corrected chi connectivity index (χ0v) is 10.4. The van der Waals surface area contributed by atoms with E-state index in [4.69, 9.17) is 0 Å². The molecule has 0 aliphatic rings. The number of benzene rings is 2. The number of aromatic carboxylic acids is 1. The monoisotopic (exact) mass is 267 g/mol. The van der Waals surface area contributed by atoms with Gasteiger partial charge in [0.15, 0.2) is 0 Å². The highest BCUT2D eigenvalue weighted by atomic mass is 19.1. The first kappa shape index (κ1) is 12.3. The highest BCUT2D eigenvalue weighted by Crippen LogP contribution is 2.25. The molecule has 0 spiro atoms. The summed E-state index contributed by atoms with van der Waals surface area (Å²) in [5, 5.41) is 9.74. The van der Waals surface area contributed by atoms with Crippen molar-refractivity contribution < 1.29 is 14.3 Å². The maximum Gasteiger partial charge on any atom is 0.336 e. The summed E-state index contributed by atoms with van der Waals surface area (Å²) in [6.45, 7) is 0. The van der Waals surface area contributed by atoms with Crippen LogP contribution >= 0.6 is 0 Å². The summed E-state index contributed by atoms with van der Waals surface area (Å²) >= 11 is 0. The van der Waals surface area contributed by atoms with Crippen LogP contribution in [0.2, 0.25) is 0 Å².